The second-order valence-electron chi connectivity index (χ2n) is 4.64. The molecule has 0 aliphatic heterocycles. The summed E-state index contributed by atoms with van der Waals surface area (Å²) in [6, 6.07) is 5.68. The average molecular weight is 272 g/mol. The zero-order chi connectivity index (χ0) is 14.3. The largest absolute Gasteiger partial charge is 0.494 e. The van der Waals surface area contributed by atoms with Crippen LogP contribution in [0.3, 0.4) is 0 Å². The van der Waals surface area contributed by atoms with E-state index >= 15 is 0 Å². The number of rotatable bonds is 3. The fourth-order valence-electron chi connectivity index (χ4n) is 2.47. The number of para-hydroxylation sites is 1. The van der Waals surface area contributed by atoms with Gasteiger partial charge in [-0.1, -0.05) is 6.07 Å². The van der Waals surface area contributed by atoms with Crippen molar-refractivity contribution in [1.29, 1.82) is 0 Å². The Bertz CT molecular complexity index is 759. The van der Waals surface area contributed by atoms with Gasteiger partial charge >= 0.3 is 0 Å². The molecule has 0 radical (unpaired) electrons. The molecule has 0 saturated heterocycles. The van der Waals surface area contributed by atoms with Crippen LogP contribution in [0.4, 0.5) is 5.95 Å². The SMILES string of the molecule is COc1cccc2c1nc(N)n2C(C)c1nncn1C. The molecule has 0 spiro atoms. The van der Waals surface area contributed by atoms with E-state index in [4.69, 9.17) is 10.5 Å². The van der Waals surface area contributed by atoms with Crippen LogP contribution in [0.5, 0.6) is 5.75 Å². The molecule has 20 heavy (non-hydrogen) atoms. The molecular formula is C13H16N6O. The van der Waals surface area contributed by atoms with Gasteiger partial charge in [-0.05, 0) is 19.1 Å². The molecule has 2 N–H and O–H groups in total. The molecule has 0 aliphatic rings. The zero-order valence-corrected chi connectivity index (χ0v) is 11.6. The third-order valence-corrected chi connectivity index (χ3v) is 3.44. The Morgan fingerprint density at radius 3 is 2.80 bits per heavy atom. The van der Waals surface area contributed by atoms with Crippen LogP contribution in [-0.2, 0) is 7.05 Å². The molecule has 2 aromatic heterocycles. The first-order valence-corrected chi connectivity index (χ1v) is 6.27. The highest BCUT2D eigenvalue weighted by Crippen LogP contribution is 2.30. The Balaban J connectivity index is 2.21. The maximum Gasteiger partial charge on any atom is 0.202 e. The molecule has 104 valence electrons. The number of nitrogens with two attached hydrogens (primary N) is 1. The quantitative estimate of drug-likeness (QED) is 0.778. The van der Waals surface area contributed by atoms with Crippen molar-refractivity contribution in [3.8, 4) is 5.75 Å². The van der Waals surface area contributed by atoms with Crippen molar-refractivity contribution in [3.05, 3.63) is 30.4 Å². The molecule has 1 atom stereocenters. The first-order chi connectivity index (χ1) is 9.63. The number of nitrogen functional groups attached to an aromatic ring is 1. The molecule has 0 fully saturated rings. The van der Waals surface area contributed by atoms with E-state index < -0.39 is 0 Å². The minimum Gasteiger partial charge on any atom is -0.494 e. The number of aryl methyl sites for hydroxylation is 1. The van der Waals surface area contributed by atoms with Gasteiger partial charge in [0.05, 0.1) is 18.7 Å². The second kappa shape index (κ2) is 4.52. The summed E-state index contributed by atoms with van der Waals surface area (Å²) in [4.78, 5) is 4.40. The number of nitrogens with zero attached hydrogens (tertiary/aromatic N) is 5. The van der Waals surface area contributed by atoms with E-state index in [9.17, 15) is 0 Å². The molecule has 3 rings (SSSR count). The predicted octanol–water partition coefficient (Wildman–Crippen LogP) is 1.36. The Kier molecular flexibility index (Phi) is 2.81. The molecular weight excluding hydrogens is 256 g/mol. The summed E-state index contributed by atoms with van der Waals surface area (Å²) in [7, 11) is 3.53. The van der Waals surface area contributed by atoms with Crippen molar-refractivity contribution in [2.45, 2.75) is 13.0 Å². The van der Waals surface area contributed by atoms with Crippen LogP contribution in [0, 0.1) is 0 Å². The lowest BCUT2D eigenvalue weighted by atomic mass is 10.2. The van der Waals surface area contributed by atoms with E-state index in [2.05, 4.69) is 15.2 Å². The third-order valence-electron chi connectivity index (χ3n) is 3.44. The third kappa shape index (κ3) is 1.70. The van der Waals surface area contributed by atoms with Gasteiger partial charge in [0.15, 0.2) is 5.82 Å². The maximum atomic E-state index is 6.07. The Labute approximate surface area is 116 Å². The van der Waals surface area contributed by atoms with Crippen molar-refractivity contribution >= 4 is 17.0 Å². The van der Waals surface area contributed by atoms with E-state index in [1.54, 1.807) is 13.4 Å². The Morgan fingerprint density at radius 2 is 2.15 bits per heavy atom. The lowest BCUT2D eigenvalue weighted by Gasteiger charge is -2.15. The van der Waals surface area contributed by atoms with Crippen LogP contribution in [0.25, 0.3) is 11.0 Å². The van der Waals surface area contributed by atoms with E-state index in [1.165, 1.54) is 0 Å². The van der Waals surface area contributed by atoms with Gasteiger partial charge in [0.1, 0.15) is 17.6 Å². The molecule has 2 heterocycles. The topological polar surface area (TPSA) is 83.8 Å². The van der Waals surface area contributed by atoms with Crippen molar-refractivity contribution in [3.63, 3.8) is 0 Å². The summed E-state index contributed by atoms with van der Waals surface area (Å²) in [6.07, 6.45) is 1.67. The molecule has 1 aromatic carbocycles. The van der Waals surface area contributed by atoms with Gasteiger partial charge in [0.25, 0.3) is 0 Å². The van der Waals surface area contributed by atoms with Crippen LogP contribution in [0.1, 0.15) is 18.8 Å². The van der Waals surface area contributed by atoms with Crippen molar-refractivity contribution in [2.24, 2.45) is 7.05 Å². The van der Waals surface area contributed by atoms with Crippen LogP contribution in [-0.4, -0.2) is 31.4 Å². The smallest absolute Gasteiger partial charge is 0.202 e. The number of hydrogen-bond acceptors (Lipinski definition) is 5. The molecule has 3 aromatic rings. The van der Waals surface area contributed by atoms with E-state index in [-0.39, 0.29) is 6.04 Å². The highest BCUT2D eigenvalue weighted by Gasteiger charge is 2.20. The summed E-state index contributed by atoms with van der Waals surface area (Å²) >= 11 is 0. The number of fused-ring (bicyclic) bond motifs is 1. The van der Waals surface area contributed by atoms with Crippen molar-refractivity contribution < 1.29 is 4.74 Å². The van der Waals surface area contributed by atoms with Crippen LogP contribution < -0.4 is 10.5 Å². The van der Waals surface area contributed by atoms with Gasteiger partial charge in [0.2, 0.25) is 5.95 Å². The van der Waals surface area contributed by atoms with Gasteiger partial charge in [-0.15, -0.1) is 10.2 Å². The summed E-state index contributed by atoms with van der Waals surface area (Å²) in [5.74, 6) is 1.96. The standard InChI is InChI=1S/C13H16N6O/c1-8(12-17-15-7-18(12)2)19-9-5-4-6-10(20-3)11(9)16-13(19)14/h4-8H,1-3H3,(H2,14,16). The molecule has 0 aliphatic carbocycles. The molecule has 0 amide bonds. The van der Waals surface area contributed by atoms with Crippen LogP contribution in [0.2, 0.25) is 0 Å². The van der Waals surface area contributed by atoms with Crippen LogP contribution in [0.15, 0.2) is 24.5 Å². The molecule has 7 nitrogen and oxygen atoms in total. The monoisotopic (exact) mass is 272 g/mol. The first kappa shape index (κ1) is 12.5. The average Bonchev–Trinajstić information content (AvgIpc) is 3.00. The highest BCUT2D eigenvalue weighted by molar-refractivity contribution is 5.84. The van der Waals surface area contributed by atoms with Gasteiger partial charge in [0, 0.05) is 7.05 Å². The minimum absolute atomic E-state index is 0.0698. The van der Waals surface area contributed by atoms with Gasteiger partial charge in [-0.3, -0.25) is 4.57 Å². The normalized spacial score (nSPS) is 12.8. The van der Waals surface area contributed by atoms with E-state index in [0.717, 1.165) is 16.9 Å². The number of hydrogen-bond donors (Lipinski definition) is 1. The Hall–Kier alpha value is -2.57. The fraction of sp³-hybridized carbons (Fsp3) is 0.308. The summed E-state index contributed by atoms with van der Waals surface area (Å²) < 4.78 is 9.13. The summed E-state index contributed by atoms with van der Waals surface area (Å²) in [5, 5.41) is 8.05. The van der Waals surface area contributed by atoms with Crippen molar-refractivity contribution in [1.82, 2.24) is 24.3 Å². The molecule has 0 saturated carbocycles. The van der Waals surface area contributed by atoms with Gasteiger partial charge < -0.3 is 15.0 Å². The fourth-order valence-corrected chi connectivity index (χ4v) is 2.47. The molecule has 1 unspecified atom stereocenters. The lowest BCUT2D eigenvalue weighted by Crippen LogP contribution is -2.14. The zero-order valence-electron chi connectivity index (χ0n) is 11.6. The summed E-state index contributed by atoms with van der Waals surface area (Å²) in [6.45, 7) is 2.01. The first-order valence-electron chi connectivity index (χ1n) is 6.27. The molecule has 0 bridgehead atoms. The second-order valence-corrected chi connectivity index (χ2v) is 4.64. The van der Waals surface area contributed by atoms with E-state index in [1.807, 2.05) is 41.3 Å². The number of aromatic nitrogens is 5. The minimum atomic E-state index is -0.0698. The van der Waals surface area contributed by atoms with E-state index in [0.29, 0.717) is 11.7 Å². The van der Waals surface area contributed by atoms with Crippen molar-refractivity contribution in [2.75, 3.05) is 12.8 Å². The number of anilines is 1. The van der Waals surface area contributed by atoms with Gasteiger partial charge in [-0.2, -0.15) is 0 Å². The number of methoxy groups -OCH3 is 1. The predicted molar refractivity (Wildman–Crippen MR) is 75.5 cm³/mol. The molecule has 7 heteroatoms. The maximum absolute atomic E-state index is 6.07. The number of ether oxygens (including phenoxy) is 1. The lowest BCUT2D eigenvalue weighted by molar-refractivity contribution is 0.419. The Morgan fingerprint density at radius 1 is 1.35 bits per heavy atom. The number of imidazole rings is 1. The van der Waals surface area contributed by atoms with Gasteiger partial charge in [-0.25, -0.2) is 4.98 Å². The number of benzene rings is 1. The highest BCUT2D eigenvalue weighted by atomic mass is 16.5. The summed E-state index contributed by atoms with van der Waals surface area (Å²) in [5.41, 5.74) is 7.74. The van der Waals surface area contributed by atoms with Crippen LogP contribution >= 0.6 is 0 Å².